The van der Waals surface area contributed by atoms with Crippen LogP contribution in [-0.2, 0) is 0 Å². The van der Waals surface area contributed by atoms with Gasteiger partial charge in [-0.05, 0) is 52.9 Å². The van der Waals surface area contributed by atoms with Crippen molar-refractivity contribution in [1.82, 2.24) is 5.43 Å². The predicted molar refractivity (Wildman–Crippen MR) is 95.0 cm³/mol. The molecule has 0 heterocycles. The number of rotatable bonds is 3. The molecule has 1 amide bonds. The molecule has 0 aromatic heterocycles. The third-order valence-electron chi connectivity index (χ3n) is 2.51. The largest absolute Gasteiger partial charge is 0.506 e. The van der Waals surface area contributed by atoms with Crippen LogP contribution in [0.1, 0.15) is 15.9 Å². The van der Waals surface area contributed by atoms with Crippen LogP contribution in [0.25, 0.3) is 0 Å². The summed E-state index contributed by atoms with van der Waals surface area (Å²) in [7, 11) is 0. The fourth-order valence-electron chi connectivity index (χ4n) is 1.54. The van der Waals surface area contributed by atoms with Crippen LogP contribution < -0.4 is 5.43 Å². The Kier molecular flexibility index (Phi) is 5.60. The standard InChI is InChI=1S/C14H9BrClIN2O2/c15-10-4-9(13(20)12(17)6-10)7-18-19-14(21)8-2-1-3-11(16)5-8/h1-7,20H,(H,19,21)/b18-7-. The average molecular weight is 479 g/mol. The number of nitrogens with zero attached hydrogens (tertiary/aromatic N) is 1. The van der Waals surface area contributed by atoms with Gasteiger partial charge in [0.2, 0.25) is 0 Å². The van der Waals surface area contributed by atoms with E-state index in [0.717, 1.165) is 4.47 Å². The van der Waals surface area contributed by atoms with Gasteiger partial charge in [0.1, 0.15) is 5.75 Å². The maximum absolute atomic E-state index is 11.8. The highest BCUT2D eigenvalue weighted by Crippen LogP contribution is 2.27. The second kappa shape index (κ2) is 7.24. The maximum atomic E-state index is 11.8. The summed E-state index contributed by atoms with van der Waals surface area (Å²) in [6.45, 7) is 0. The SMILES string of the molecule is O=C(N/N=C\c1cc(Br)cc(I)c1O)c1cccc(Cl)c1. The van der Waals surface area contributed by atoms with Gasteiger partial charge in [-0.3, -0.25) is 4.79 Å². The van der Waals surface area contributed by atoms with Gasteiger partial charge >= 0.3 is 0 Å². The lowest BCUT2D eigenvalue weighted by Crippen LogP contribution is -2.17. The lowest BCUT2D eigenvalue weighted by Gasteiger charge is -2.03. The second-order valence-electron chi connectivity index (χ2n) is 4.03. The third-order valence-corrected chi connectivity index (χ3v) is 4.03. The molecule has 4 nitrogen and oxygen atoms in total. The van der Waals surface area contributed by atoms with E-state index in [4.69, 9.17) is 11.6 Å². The fourth-order valence-corrected chi connectivity index (χ4v) is 3.28. The van der Waals surface area contributed by atoms with Crippen LogP contribution in [0, 0.1) is 3.57 Å². The Balaban J connectivity index is 2.11. The molecule has 0 saturated carbocycles. The molecule has 108 valence electrons. The monoisotopic (exact) mass is 478 g/mol. The first-order chi connectivity index (χ1) is 9.97. The average Bonchev–Trinajstić information content (AvgIpc) is 2.43. The van der Waals surface area contributed by atoms with Crippen molar-refractivity contribution in [3.8, 4) is 5.75 Å². The number of benzene rings is 2. The van der Waals surface area contributed by atoms with E-state index >= 15 is 0 Å². The predicted octanol–water partition coefficient (Wildman–Crippen LogP) is 4.18. The molecule has 0 atom stereocenters. The molecule has 0 saturated heterocycles. The Morgan fingerprint density at radius 3 is 2.86 bits per heavy atom. The quantitative estimate of drug-likeness (QED) is 0.394. The van der Waals surface area contributed by atoms with Gasteiger partial charge < -0.3 is 5.11 Å². The molecular weight excluding hydrogens is 470 g/mol. The van der Waals surface area contributed by atoms with E-state index in [-0.39, 0.29) is 11.7 Å². The van der Waals surface area contributed by atoms with E-state index in [0.29, 0.717) is 19.7 Å². The van der Waals surface area contributed by atoms with E-state index < -0.39 is 0 Å². The van der Waals surface area contributed by atoms with Crippen LogP contribution in [0.4, 0.5) is 0 Å². The smallest absolute Gasteiger partial charge is 0.271 e. The molecule has 21 heavy (non-hydrogen) atoms. The Morgan fingerprint density at radius 1 is 1.38 bits per heavy atom. The molecule has 2 N–H and O–H groups in total. The van der Waals surface area contributed by atoms with Crippen molar-refractivity contribution in [3.05, 3.63) is 60.6 Å². The molecule has 7 heteroatoms. The number of phenols is 1. The Hall–Kier alpha value is -1.12. The lowest BCUT2D eigenvalue weighted by molar-refractivity contribution is 0.0955. The van der Waals surface area contributed by atoms with Crippen LogP contribution in [0.15, 0.2) is 46.0 Å². The van der Waals surface area contributed by atoms with Crippen LogP contribution >= 0.6 is 50.1 Å². The number of hydrogen-bond acceptors (Lipinski definition) is 3. The zero-order valence-corrected chi connectivity index (χ0v) is 15.0. The molecule has 0 aliphatic heterocycles. The molecule has 0 unspecified atom stereocenters. The van der Waals surface area contributed by atoms with E-state index in [1.54, 1.807) is 36.4 Å². The zero-order valence-electron chi connectivity index (χ0n) is 10.5. The van der Waals surface area contributed by atoms with Gasteiger partial charge in [-0.1, -0.05) is 33.6 Å². The summed E-state index contributed by atoms with van der Waals surface area (Å²) >= 11 is 11.2. The first-order valence-corrected chi connectivity index (χ1v) is 7.99. The second-order valence-corrected chi connectivity index (χ2v) is 6.55. The molecule has 2 aromatic rings. The highest BCUT2D eigenvalue weighted by Gasteiger charge is 2.06. The molecule has 0 radical (unpaired) electrons. The van der Waals surface area contributed by atoms with Crippen molar-refractivity contribution in [1.29, 1.82) is 0 Å². The van der Waals surface area contributed by atoms with E-state index in [2.05, 4.69) is 26.5 Å². The highest BCUT2D eigenvalue weighted by atomic mass is 127. The summed E-state index contributed by atoms with van der Waals surface area (Å²) < 4.78 is 1.50. The summed E-state index contributed by atoms with van der Waals surface area (Å²) in [6.07, 6.45) is 1.38. The minimum absolute atomic E-state index is 0.111. The van der Waals surface area contributed by atoms with Crippen molar-refractivity contribution in [2.75, 3.05) is 0 Å². The Morgan fingerprint density at radius 2 is 2.14 bits per heavy atom. The number of hydrogen-bond donors (Lipinski definition) is 2. The molecule has 0 bridgehead atoms. The summed E-state index contributed by atoms with van der Waals surface area (Å²) in [5.41, 5.74) is 3.29. The van der Waals surface area contributed by atoms with Gasteiger partial charge in [-0.25, -0.2) is 5.43 Å². The van der Waals surface area contributed by atoms with Crippen molar-refractivity contribution in [3.63, 3.8) is 0 Å². The molecule has 0 aliphatic rings. The third kappa shape index (κ3) is 4.42. The molecule has 2 rings (SSSR count). The molecule has 0 fully saturated rings. The van der Waals surface area contributed by atoms with Crippen LogP contribution in [0.3, 0.4) is 0 Å². The first kappa shape index (κ1) is 16.3. The summed E-state index contributed by atoms with van der Waals surface area (Å²) in [4.78, 5) is 11.8. The number of carbonyl (C=O) groups excluding carboxylic acids is 1. The molecule has 0 spiro atoms. The van der Waals surface area contributed by atoms with Crippen LogP contribution in [0.5, 0.6) is 5.75 Å². The number of nitrogens with one attached hydrogen (secondary N) is 1. The minimum atomic E-state index is -0.377. The van der Waals surface area contributed by atoms with E-state index in [1.165, 1.54) is 6.21 Å². The Labute approximate surface area is 148 Å². The highest BCUT2D eigenvalue weighted by molar-refractivity contribution is 14.1. The first-order valence-electron chi connectivity index (χ1n) is 5.74. The maximum Gasteiger partial charge on any atom is 0.271 e. The number of phenolic OH excluding ortho intramolecular Hbond substituents is 1. The van der Waals surface area contributed by atoms with Crippen LogP contribution in [-0.4, -0.2) is 17.2 Å². The van der Waals surface area contributed by atoms with Gasteiger partial charge in [0.25, 0.3) is 5.91 Å². The van der Waals surface area contributed by atoms with Crippen molar-refractivity contribution < 1.29 is 9.90 Å². The summed E-state index contributed by atoms with van der Waals surface area (Å²) in [5, 5.41) is 14.2. The number of amides is 1. The van der Waals surface area contributed by atoms with Crippen molar-refractivity contribution in [2.24, 2.45) is 5.10 Å². The molecule has 2 aromatic carbocycles. The molecule has 0 aliphatic carbocycles. The normalized spacial score (nSPS) is 10.8. The number of halogens is 3. The van der Waals surface area contributed by atoms with E-state index in [9.17, 15) is 9.90 Å². The minimum Gasteiger partial charge on any atom is -0.506 e. The van der Waals surface area contributed by atoms with Gasteiger partial charge in [0.15, 0.2) is 0 Å². The number of carbonyl (C=O) groups is 1. The fraction of sp³-hybridized carbons (Fsp3) is 0. The van der Waals surface area contributed by atoms with Gasteiger partial charge in [0.05, 0.1) is 9.78 Å². The number of aromatic hydroxyl groups is 1. The van der Waals surface area contributed by atoms with Gasteiger partial charge in [-0.2, -0.15) is 5.10 Å². The Bertz CT molecular complexity index is 722. The summed E-state index contributed by atoms with van der Waals surface area (Å²) in [5.74, 6) is -0.266. The van der Waals surface area contributed by atoms with Crippen LogP contribution in [0.2, 0.25) is 5.02 Å². The van der Waals surface area contributed by atoms with Gasteiger partial charge in [0, 0.05) is 20.6 Å². The summed E-state index contributed by atoms with van der Waals surface area (Å²) in [6, 6.07) is 10.0. The lowest BCUT2D eigenvalue weighted by atomic mass is 10.2. The van der Waals surface area contributed by atoms with Gasteiger partial charge in [-0.15, -0.1) is 0 Å². The number of hydrazone groups is 1. The van der Waals surface area contributed by atoms with Crippen molar-refractivity contribution in [2.45, 2.75) is 0 Å². The molecular formula is C14H9BrClIN2O2. The van der Waals surface area contributed by atoms with Crippen molar-refractivity contribution >= 4 is 62.2 Å². The zero-order chi connectivity index (χ0) is 15.4. The topological polar surface area (TPSA) is 61.7 Å². The van der Waals surface area contributed by atoms with E-state index in [1.807, 2.05) is 22.6 Å².